The van der Waals surface area contributed by atoms with Crippen molar-refractivity contribution in [3.63, 3.8) is 0 Å². The van der Waals surface area contributed by atoms with Crippen LogP contribution >= 0.6 is 0 Å². The summed E-state index contributed by atoms with van der Waals surface area (Å²) >= 11 is -0.0501. The molecule has 0 saturated heterocycles. The van der Waals surface area contributed by atoms with Gasteiger partial charge in [-0.15, -0.1) is 0 Å². The summed E-state index contributed by atoms with van der Waals surface area (Å²) < 4.78 is 15.6. The molecule has 0 fully saturated rings. The molecule has 0 amide bonds. The number of aromatic nitrogens is 1. The Kier molecular flexibility index (Phi) is 2.46. The summed E-state index contributed by atoms with van der Waals surface area (Å²) in [4.78, 5) is 12.1. The second kappa shape index (κ2) is 3.99. The fourth-order valence-corrected chi connectivity index (χ4v) is 3.81. The standard InChI is InChI=1S/C13H8FNOSe/c14-9-5-7-10(8-6-9)15-13(16)11-3-1-2-4-12(11)17-15/h1-8H. The fraction of sp³-hybridized carbons (Fsp3) is 0. The van der Waals surface area contributed by atoms with Gasteiger partial charge in [-0.05, 0) is 0 Å². The van der Waals surface area contributed by atoms with Gasteiger partial charge >= 0.3 is 103 Å². The van der Waals surface area contributed by atoms with E-state index in [9.17, 15) is 9.18 Å². The molecule has 0 atom stereocenters. The monoisotopic (exact) mass is 293 g/mol. The summed E-state index contributed by atoms with van der Waals surface area (Å²) in [5.74, 6) is -0.287. The quantitative estimate of drug-likeness (QED) is 0.630. The summed E-state index contributed by atoms with van der Waals surface area (Å²) in [6.45, 7) is 0. The minimum absolute atomic E-state index is 0.00667. The Balaban J connectivity index is 2.27. The van der Waals surface area contributed by atoms with Crippen molar-refractivity contribution in [1.82, 2.24) is 3.56 Å². The molecule has 0 aliphatic heterocycles. The Morgan fingerprint density at radius 1 is 1.00 bits per heavy atom. The number of benzene rings is 2. The summed E-state index contributed by atoms with van der Waals surface area (Å²) in [5, 5.41) is 0.761. The molecule has 0 aliphatic rings. The summed E-state index contributed by atoms with van der Waals surface area (Å²) in [5.41, 5.74) is 0.764. The van der Waals surface area contributed by atoms with E-state index in [1.165, 1.54) is 12.1 Å². The number of fused-ring (bicyclic) bond motifs is 1. The third-order valence-corrected chi connectivity index (χ3v) is 4.89. The number of nitrogens with zero attached hydrogens (tertiary/aromatic N) is 1. The molecule has 17 heavy (non-hydrogen) atoms. The van der Waals surface area contributed by atoms with Crippen LogP contribution < -0.4 is 5.56 Å². The van der Waals surface area contributed by atoms with Crippen LogP contribution in [0.25, 0.3) is 15.3 Å². The van der Waals surface area contributed by atoms with E-state index in [1.807, 2.05) is 24.3 Å². The first kappa shape index (κ1) is 10.5. The maximum absolute atomic E-state index is 12.8. The van der Waals surface area contributed by atoms with Crippen LogP contribution in [-0.4, -0.2) is 18.3 Å². The third-order valence-electron chi connectivity index (χ3n) is 2.55. The Morgan fingerprint density at radius 3 is 2.41 bits per heavy atom. The van der Waals surface area contributed by atoms with Crippen molar-refractivity contribution in [2.75, 3.05) is 0 Å². The number of hydrogen-bond acceptors (Lipinski definition) is 1. The van der Waals surface area contributed by atoms with E-state index < -0.39 is 0 Å². The normalized spacial score (nSPS) is 10.9. The summed E-state index contributed by atoms with van der Waals surface area (Å²) in [6.07, 6.45) is 0. The molecule has 84 valence electrons. The van der Waals surface area contributed by atoms with Gasteiger partial charge in [-0.2, -0.15) is 0 Å². The van der Waals surface area contributed by atoms with Gasteiger partial charge in [-0.3, -0.25) is 0 Å². The van der Waals surface area contributed by atoms with Crippen molar-refractivity contribution in [3.05, 3.63) is 64.7 Å². The van der Waals surface area contributed by atoms with Crippen LogP contribution in [0.15, 0.2) is 53.3 Å². The van der Waals surface area contributed by atoms with Crippen molar-refractivity contribution in [2.45, 2.75) is 0 Å². The van der Waals surface area contributed by atoms with Gasteiger partial charge in [0.15, 0.2) is 0 Å². The molecule has 0 radical (unpaired) electrons. The molecule has 2 aromatic carbocycles. The van der Waals surface area contributed by atoms with E-state index in [-0.39, 0.29) is 26.1 Å². The molecule has 4 heteroatoms. The third kappa shape index (κ3) is 1.75. The molecule has 3 rings (SSSR count). The van der Waals surface area contributed by atoms with Gasteiger partial charge in [0.2, 0.25) is 0 Å². The second-order valence-corrected chi connectivity index (χ2v) is 5.74. The fourth-order valence-electron chi connectivity index (χ4n) is 1.72. The first-order valence-corrected chi connectivity index (χ1v) is 6.75. The predicted molar refractivity (Wildman–Crippen MR) is 66.4 cm³/mol. The Hall–Kier alpha value is -1.64. The van der Waals surface area contributed by atoms with E-state index in [0.717, 1.165) is 15.3 Å². The Bertz CT molecular complexity index is 727. The molecule has 0 saturated carbocycles. The second-order valence-electron chi connectivity index (χ2n) is 3.66. The first-order valence-electron chi connectivity index (χ1n) is 5.13. The van der Waals surface area contributed by atoms with Gasteiger partial charge in [0.1, 0.15) is 0 Å². The van der Waals surface area contributed by atoms with E-state index in [2.05, 4.69) is 0 Å². The van der Waals surface area contributed by atoms with Crippen LogP contribution in [0.4, 0.5) is 4.39 Å². The summed E-state index contributed by atoms with van der Waals surface area (Å²) in [6, 6.07) is 13.6. The molecule has 0 unspecified atom stereocenters. The van der Waals surface area contributed by atoms with E-state index >= 15 is 0 Å². The van der Waals surface area contributed by atoms with Gasteiger partial charge < -0.3 is 0 Å². The molecule has 0 aliphatic carbocycles. The average molecular weight is 292 g/mol. The van der Waals surface area contributed by atoms with Crippen LogP contribution in [0, 0.1) is 5.82 Å². The topological polar surface area (TPSA) is 22.0 Å². The molecule has 0 spiro atoms. The predicted octanol–water partition coefficient (Wildman–Crippen LogP) is 2.19. The number of rotatable bonds is 1. The number of halogens is 1. The van der Waals surface area contributed by atoms with Crippen LogP contribution in [0.5, 0.6) is 0 Å². The maximum atomic E-state index is 12.8. The zero-order valence-corrected chi connectivity index (χ0v) is 10.5. The van der Waals surface area contributed by atoms with Gasteiger partial charge in [-0.1, -0.05) is 0 Å². The van der Waals surface area contributed by atoms with Gasteiger partial charge in [0.25, 0.3) is 0 Å². The Labute approximate surface area is 103 Å². The summed E-state index contributed by atoms with van der Waals surface area (Å²) in [7, 11) is 0. The zero-order valence-electron chi connectivity index (χ0n) is 8.76. The van der Waals surface area contributed by atoms with E-state index in [1.54, 1.807) is 15.7 Å². The number of hydrogen-bond donors (Lipinski definition) is 0. The van der Waals surface area contributed by atoms with Crippen LogP contribution in [0.2, 0.25) is 0 Å². The minimum atomic E-state index is -0.287. The molecular weight excluding hydrogens is 284 g/mol. The zero-order chi connectivity index (χ0) is 11.8. The van der Waals surface area contributed by atoms with Crippen molar-refractivity contribution in [2.24, 2.45) is 0 Å². The molecule has 1 aromatic heterocycles. The Morgan fingerprint density at radius 2 is 1.71 bits per heavy atom. The van der Waals surface area contributed by atoms with Gasteiger partial charge in [-0.25, -0.2) is 0 Å². The molecular formula is C13H8FNOSe. The van der Waals surface area contributed by atoms with Crippen molar-refractivity contribution in [3.8, 4) is 5.69 Å². The SMILES string of the molecule is O=c1c2ccccc2[se]n1-c1ccc(F)cc1. The molecule has 0 bridgehead atoms. The van der Waals surface area contributed by atoms with Crippen molar-refractivity contribution >= 4 is 24.4 Å². The van der Waals surface area contributed by atoms with Gasteiger partial charge in [0, 0.05) is 0 Å². The van der Waals surface area contributed by atoms with Gasteiger partial charge in [0.05, 0.1) is 0 Å². The molecule has 2 nitrogen and oxygen atoms in total. The van der Waals surface area contributed by atoms with Crippen molar-refractivity contribution in [1.29, 1.82) is 0 Å². The van der Waals surface area contributed by atoms with E-state index in [4.69, 9.17) is 0 Å². The van der Waals surface area contributed by atoms with Crippen LogP contribution in [-0.2, 0) is 0 Å². The molecule has 3 aromatic rings. The van der Waals surface area contributed by atoms with E-state index in [0.29, 0.717) is 0 Å². The van der Waals surface area contributed by atoms with Crippen molar-refractivity contribution < 1.29 is 4.39 Å². The first-order chi connectivity index (χ1) is 8.25. The molecule has 1 heterocycles. The van der Waals surface area contributed by atoms with Crippen LogP contribution in [0.1, 0.15) is 0 Å². The van der Waals surface area contributed by atoms with Crippen LogP contribution in [0.3, 0.4) is 0 Å². The average Bonchev–Trinajstić information content (AvgIpc) is 2.69. The molecule has 0 N–H and O–H groups in total.